The van der Waals surface area contributed by atoms with Gasteiger partial charge in [-0.1, -0.05) is 12.1 Å². The zero-order chi connectivity index (χ0) is 20.1. The third-order valence-corrected chi connectivity index (χ3v) is 6.96. The quantitative estimate of drug-likeness (QED) is 0.869. The molecule has 0 spiro atoms. The molecule has 2 fully saturated rings. The molecule has 1 aliphatic carbocycles. The number of hydrogen-bond acceptors (Lipinski definition) is 4. The number of likely N-dealkylation sites (tertiary alicyclic amines) is 2. The molecule has 3 heterocycles. The fourth-order valence-corrected chi connectivity index (χ4v) is 5.57. The Morgan fingerprint density at radius 1 is 1.14 bits per heavy atom. The van der Waals surface area contributed by atoms with E-state index < -0.39 is 0 Å². The van der Waals surface area contributed by atoms with Gasteiger partial charge in [-0.3, -0.25) is 14.5 Å². The first-order valence-corrected chi connectivity index (χ1v) is 10.4. The van der Waals surface area contributed by atoms with Gasteiger partial charge in [0.25, 0.3) is 11.5 Å². The smallest absolute Gasteiger partial charge is 0.261 e. The number of rotatable bonds is 3. The molecule has 2 aliphatic heterocycles. The molecule has 5 rings (SSSR count). The van der Waals surface area contributed by atoms with Gasteiger partial charge in [-0.25, -0.2) is 0 Å². The lowest BCUT2D eigenvalue weighted by molar-refractivity contribution is 0.0766. The summed E-state index contributed by atoms with van der Waals surface area (Å²) in [4.78, 5) is 32.9. The first kappa shape index (κ1) is 18.4. The van der Waals surface area contributed by atoms with Crippen molar-refractivity contribution in [3.8, 4) is 5.75 Å². The minimum atomic E-state index is -0.239. The molecule has 6 nitrogen and oxygen atoms in total. The Balaban J connectivity index is 1.38. The van der Waals surface area contributed by atoms with Crippen LogP contribution in [0.1, 0.15) is 39.6 Å². The molecule has 2 aromatic rings. The van der Waals surface area contributed by atoms with E-state index in [1.54, 1.807) is 7.11 Å². The molecule has 152 valence electrons. The summed E-state index contributed by atoms with van der Waals surface area (Å²) in [6.07, 6.45) is 2.90. The van der Waals surface area contributed by atoms with Crippen molar-refractivity contribution < 1.29 is 9.53 Å². The first-order chi connectivity index (χ1) is 14.0. The highest BCUT2D eigenvalue weighted by molar-refractivity contribution is 5.94. The van der Waals surface area contributed by atoms with Crippen molar-refractivity contribution in [1.29, 1.82) is 0 Å². The zero-order valence-corrected chi connectivity index (χ0v) is 17.0. The second kappa shape index (κ2) is 7.02. The Kier molecular flexibility index (Phi) is 4.46. The van der Waals surface area contributed by atoms with Gasteiger partial charge in [0.05, 0.1) is 7.11 Å². The molecule has 1 amide bonds. The van der Waals surface area contributed by atoms with Crippen LogP contribution in [0.15, 0.2) is 35.1 Å². The Bertz CT molecular complexity index is 997. The van der Waals surface area contributed by atoms with E-state index in [1.165, 1.54) is 5.56 Å². The van der Waals surface area contributed by atoms with Crippen LogP contribution in [-0.2, 0) is 12.8 Å². The molecule has 0 saturated carbocycles. The second-order valence-electron chi connectivity index (χ2n) is 8.66. The van der Waals surface area contributed by atoms with Gasteiger partial charge >= 0.3 is 0 Å². The molecule has 3 atom stereocenters. The third kappa shape index (κ3) is 3.06. The van der Waals surface area contributed by atoms with Gasteiger partial charge in [0, 0.05) is 37.3 Å². The van der Waals surface area contributed by atoms with Crippen LogP contribution >= 0.6 is 0 Å². The van der Waals surface area contributed by atoms with Crippen LogP contribution in [0.25, 0.3) is 0 Å². The number of carbonyl (C=O) groups is 1. The predicted molar refractivity (Wildman–Crippen MR) is 110 cm³/mol. The Hall–Kier alpha value is -2.60. The standard InChI is InChI=1S/C23H27N3O3/c1-25-11-16-12-26(13-19(16)21(25)14-6-8-17(29-2)9-7-14)23(28)18-10-15-4-3-5-20(15)24-22(18)27/h6-10,16,19,21H,3-5,11-13H2,1-2H3,(H,24,27)/t16-,19+,21+/m0/s1. The van der Waals surface area contributed by atoms with Gasteiger partial charge in [-0.15, -0.1) is 0 Å². The van der Waals surface area contributed by atoms with E-state index in [9.17, 15) is 9.59 Å². The number of nitrogens with one attached hydrogen (secondary N) is 1. The Morgan fingerprint density at radius 3 is 2.69 bits per heavy atom. The summed E-state index contributed by atoms with van der Waals surface area (Å²) in [5, 5.41) is 0. The van der Waals surface area contributed by atoms with Crippen LogP contribution in [0.4, 0.5) is 0 Å². The van der Waals surface area contributed by atoms with Crippen molar-refractivity contribution in [3.63, 3.8) is 0 Å². The number of amides is 1. The number of ether oxygens (including phenoxy) is 1. The SMILES string of the molecule is COc1ccc([C@@H]2[C@@H]3CN(C(=O)c4cc5c([nH]c4=O)CCC5)C[C@@H]3CN2C)cc1. The predicted octanol–water partition coefficient (Wildman–Crippen LogP) is 2.25. The highest BCUT2D eigenvalue weighted by Gasteiger charge is 2.47. The Morgan fingerprint density at radius 2 is 1.93 bits per heavy atom. The number of aromatic amines is 1. The zero-order valence-electron chi connectivity index (χ0n) is 17.0. The maximum Gasteiger partial charge on any atom is 0.261 e. The highest BCUT2D eigenvalue weighted by atomic mass is 16.5. The molecule has 6 heteroatoms. The Labute approximate surface area is 170 Å². The normalized spacial score (nSPS) is 25.9. The van der Waals surface area contributed by atoms with Gasteiger partial charge in [-0.2, -0.15) is 0 Å². The van der Waals surface area contributed by atoms with E-state index in [2.05, 4.69) is 29.1 Å². The summed E-state index contributed by atoms with van der Waals surface area (Å²) in [6, 6.07) is 10.4. The van der Waals surface area contributed by atoms with Crippen LogP contribution < -0.4 is 10.3 Å². The molecular weight excluding hydrogens is 366 g/mol. The van der Waals surface area contributed by atoms with Crippen molar-refractivity contribution in [2.75, 3.05) is 33.8 Å². The average molecular weight is 393 g/mol. The maximum absolute atomic E-state index is 13.2. The molecule has 29 heavy (non-hydrogen) atoms. The van der Waals surface area contributed by atoms with Crippen molar-refractivity contribution in [2.45, 2.75) is 25.3 Å². The summed E-state index contributed by atoms with van der Waals surface area (Å²) in [6.45, 7) is 2.38. The lowest BCUT2D eigenvalue weighted by Crippen LogP contribution is -2.36. The molecule has 0 bridgehead atoms. The molecule has 1 aromatic heterocycles. The number of hydrogen-bond donors (Lipinski definition) is 1. The van der Waals surface area contributed by atoms with E-state index in [0.29, 0.717) is 23.9 Å². The van der Waals surface area contributed by atoms with E-state index >= 15 is 0 Å². The molecule has 2 saturated heterocycles. The van der Waals surface area contributed by atoms with Crippen molar-refractivity contribution in [1.82, 2.24) is 14.8 Å². The number of pyridine rings is 1. The van der Waals surface area contributed by atoms with Gasteiger partial charge in [0.2, 0.25) is 0 Å². The number of benzene rings is 1. The number of aryl methyl sites for hydroxylation is 2. The average Bonchev–Trinajstić information content (AvgIpc) is 3.41. The van der Waals surface area contributed by atoms with Crippen LogP contribution in [0.2, 0.25) is 0 Å². The molecule has 0 unspecified atom stereocenters. The van der Waals surface area contributed by atoms with Gasteiger partial charge in [-0.05, 0) is 61.6 Å². The van der Waals surface area contributed by atoms with E-state index in [0.717, 1.165) is 49.4 Å². The van der Waals surface area contributed by atoms with Crippen LogP contribution in [0.3, 0.4) is 0 Å². The first-order valence-electron chi connectivity index (χ1n) is 10.4. The van der Waals surface area contributed by atoms with Crippen molar-refractivity contribution >= 4 is 5.91 Å². The largest absolute Gasteiger partial charge is 0.497 e. The number of aromatic nitrogens is 1. The third-order valence-electron chi connectivity index (χ3n) is 6.96. The van der Waals surface area contributed by atoms with E-state index in [4.69, 9.17) is 4.74 Å². The van der Waals surface area contributed by atoms with Gasteiger partial charge in [0.1, 0.15) is 11.3 Å². The summed E-state index contributed by atoms with van der Waals surface area (Å²) in [5.41, 5.74) is 3.45. The molecule has 1 N–H and O–H groups in total. The van der Waals surface area contributed by atoms with Crippen LogP contribution in [0.5, 0.6) is 5.75 Å². The maximum atomic E-state index is 13.2. The van der Waals surface area contributed by atoms with E-state index in [1.807, 2.05) is 23.1 Å². The van der Waals surface area contributed by atoms with Gasteiger partial charge < -0.3 is 14.6 Å². The number of H-pyrrole nitrogens is 1. The molecule has 3 aliphatic rings. The summed E-state index contributed by atoms with van der Waals surface area (Å²) < 4.78 is 5.29. The van der Waals surface area contributed by atoms with Crippen molar-refractivity contribution in [2.24, 2.45) is 11.8 Å². The van der Waals surface area contributed by atoms with Crippen LogP contribution in [-0.4, -0.2) is 54.5 Å². The number of fused-ring (bicyclic) bond motifs is 2. The fraction of sp³-hybridized carbons (Fsp3) is 0.478. The second-order valence-corrected chi connectivity index (χ2v) is 8.66. The molecular formula is C23H27N3O3. The summed E-state index contributed by atoms with van der Waals surface area (Å²) in [7, 11) is 3.83. The number of methoxy groups -OCH3 is 1. The minimum Gasteiger partial charge on any atom is -0.497 e. The summed E-state index contributed by atoms with van der Waals surface area (Å²) in [5.74, 6) is 1.55. The highest BCUT2D eigenvalue weighted by Crippen LogP contribution is 2.44. The molecule has 0 radical (unpaired) electrons. The van der Waals surface area contributed by atoms with Crippen LogP contribution in [0, 0.1) is 11.8 Å². The topological polar surface area (TPSA) is 65.6 Å². The minimum absolute atomic E-state index is 0.119. The lowest BCUT2D eigenvalue weighted by Gasteiger charge is -2.27. The number of nitrogens with zero attached hydrogens (tertiary/aromatic N) is 2. The number of carbonyl (C=O) groups excluding carboxylic acids is 1. The monoisotopic (exact) mass is 393 g/mol. The fourth-order valence-electron chi connectivity index (χ4n) is 5.57. The van der Waals surface area contributed by atoms with Crippen molar-refractivity contribution in [3.05, 3.63) is 63.1 Å². The van der Waals surface area contributed by atoms with Gasteiger partial charge in [0.15, 0.2) is 0 Å². The van der Waals surface area contributed by atoms with E-state index in [-0.39, 0.29) is 17.5 Å². The molecule has 1 aromatic carbocycles. The summed E-state index contributed by atoms with van der Waals surface area (Å²) >= 11 is 0. The lowest BCUT2D eigenvalue weighted by atomic mass is 9.89.